The van der Waals surface area contributed by atoms with Crippen molar-refractivity contribution in [3.05, 3.63) is 29.6 Å². The molecule has 1 fully saturated rings. The predicted octanol–water partition coefficient (Wildman–Crippen LogP) is 1.95. The molecule has 0 radical (unpaired) electrons. The third-order valence-electron chi connectivity index (χ3n) is 3.76. The molecular formula is C16H24FN3O3S. The molecule has 1 aliphatic rings. The largest absolute Gasteiger partial charge is 0.333 e. The van der Waals surface area contributed by atoms with E-state index in [1.54, 1.807) is 11.8 Å². The van der Waals surface area contributed by atoms with E-state index in [1.165, 1.54) is 16.4 Å². The van der Waals surface area contributed by atoms with Crippen molar-refractivity contribution in [2.75, 3.05) is 26.2 Å². The number of rotatable bonds is 2. The van der Waals surface area contributed by atoms with Crippen LogP contribution in [0.15, 0.2) is 23.1 Å². The number of carbonyl (C=O) groups is 1. The molecule has 0 aromatic heterocycles. The maximum atomic E-state index is 13.2. The van der Waals surface area contributed by atoms with Crippen molar-refractivity contribution in [1.82, 2.24) is 14.5 Å². The molecule has 2 amide bonds. The van der Waals surface area contributed by atoms with Gasteiger partial charge in [0.2, 0.25) is 10.0 Å². The number of benzene rings is 1. The fraction of sp³-hybridized carbons (Fsp3) is 0.562. The Hall–Kier alpha value is -1.67. The summed E-state index contributed by atoms with van der Waals surface area (Å²) < 4.78 is 40.0. The highest BCUT2D eigenvalue weighted by molar-refractivity contribution is 7.89. The van der Waals surface area contributed by atoms with Gasteiger partial charge in [0.25, 0.3) is 0 Å². The molecule has 1 aromatic rings. The van der Waals surface area contributed by atoms with Crippen molar-refractivity contribution in [1.29, 1.82) is 0 Å². The monoisotopic (exact) mass is 357 g/mol. The standard InChI is InChI=1S/C16H24FN3O3S/c1-12-11-13(17)5-6-14(12)24(22,23)20-9-7-19(8-10-20)15(21)18-16(2,3)4/h5-6,11H,7-10H2,1-4H3,(H,18,21). The molecule has 1 aromatic carbocycles. The number of halogens is 1. The third-order valence-corrected chi connectivity index (χ3v) is 5.82. The van der Waals surface area contributed by atoms with Crippen molar-refractivity contribution in [2.24, 2.45) is 0 Å². The van der Waals surface area contributed by atoms with Gasteiger partial charge in [0.1, 0.15) is 5.82 Å². The highest BCUT2D eigenvalue weighted by Gasteiger charge is 2.31. The second-order valence-electron chi connectivity index (χ2n) is 6.98. The minimum absolute atomic E-state index is 0.108. The zero-order valence-corrected chi connectivity index (χ0v) is 15.3. The summed E-state index contributed by atoms with van der Waals surface area (Å²) in [6.45, 7) is 8.33. The lowest BCUT2D eigenvalue weighted by Crippen LogP contribution is -2.55. The molecule has 0 unspecified atom stereocenters. The van der Waals surface area contributed by atoms with Crippen LogP contribution in [0.1, 0.15) is 26.3 Å². The Bertz CT molecular complexity index is 721. The van der Waals surface area contributed by atoms with Gasteiger partial charge in [0, 0.05) is 31.7 Å². The van der Waals surface area contributed by atoms with Crippen molar-refractivity contribution in [2.45, 2.75) is 38.1 Å². The van der Waals surface area contributed by atoms with Crippen LogP contribution in [0.3, 0.4) is 0 Å². The van der Waals surface area contributed by atoms with E-state index in [0.29, 0.717) is 18.7 Å². The molecule has 1 saturated heterocycles. The lowest BCUT2D eigenvalue weighted by atomic mass is 10.1. The normalized spacial score (nSPS) is 17.0. The summed E-state index contributed by atoms with van der Waals surface area (Å²) in [5.41, 5.74) is 0.0359. The Kier molecular flexibility index (Phi) is 5.19. The number of nitrogens with one attached hydrogen (secondary N) is 1. The van der Waals surface area contributed by atoms with Gasteiger partial charge in [-0.05, 0) is 51.5 Å². The van der Waals surface area contributed by atoms with E-state index in [4.69, 9.17) is 0 Å². The molecule has 1 aliphatic heterocycles. The van der Waals surface area contributed by atoms with Crippen molar-refractivity contribution in [3.63, 3.8) is 0 Å². The predicted molar refractivity (Wildman–Crippen MR) is 89.8 cm³/mol. The van der Waals surface area contributed by atoms with Crippen LogP contribution < -0.4 is 5.32 Å². The van der Waals surface area contributed by atoms with Crippen LogP contribution in [-0.4, -0.2) is 55.4 Å². The Morgan fingerprint density at radius 1 is 1.17 bits per heavy atom. The fourth-order valence-electron chi connectivity index (χ4n) is 2.57. The van der Waals surface area contributed by atoms with E-state index in [2.05, 4.69) is 5.32 Å². The number of hydrogen-bond donors (Lipinski definition) is 1. The number of amides is 2. The van der Waals surface area contributed by atoms with Gasteiger partial charge in [0.05, 0.1) is 4.90 Å². The van der Waals surface area contributed by atoms with Crippen LogP contribution in [0.2, 0.25) is 0 Å². The molecule has 0 atom stereocenters. The first-order valence-corrected chi connectivity index (χ1v) is 9.28. The third kappa shape index (κ3) is 4.24. The highest BCUT2D eigenvalue weighted by atomic mass is 32.2. The van der Waals surface area contributed by atoms with Crippen LogP contribution in [0, 0.1) is 12.7 Å². The highest BCUT2D eigenvalue weighted by Crippen LogP contribution is 2.22. The lowest BCUT2D eigenvalue weighted by Gasteiger charge is -2.35. The minimum atomic E-state index is -3.69. The van der Waals surface area contributed by atoms with Gasteiger partial charge in [-0.1, -0.05) is 0 Å². The van der Waals surface area contributed by atoms with Gasteiger partial charge >= 0.3 is 6.03 Å². The minimum Gasteiger partial charge on any atom is -0.333 e. The summed E-state index contributed by atoms with van der Waals surface area (Å²) in [6, 6.07) is 3.45. The summed E-state index contributed by atoms with van der Waals surface area (Å²) in [7, 11) is -3.69. The zero-order chi connectivity index (χ0) is 18.1. The van der Waals surface area contributed by atoms with Gasteiger partial charge in [0.15, 0.2) is 0 Å². The Morgan fingerprint density at radius 3 is 2.25 bits per heavy atom. The van der Waals surface area contributed by atoms with Crippen LogP contribution in [0.4, 0.5) is 9.18 Å². The molecule has 134 valence electrons. The summed E-state index contributed by atoms with van der Waals surface area (Å²) >= 11 is 0. The summed E-state index contributed by atoms with van der Waals surface area (Å²) in [4.78, 5) is 13.9. The van der Waals surface area contributed by atoms with Crippen LogP contribution in [0.25, 0.3) is 0 Å². The smallest absolute Gasteiger partial charge is 0.317 e. The SMILES string of the molecule is Cc1cc(F)ccc1S(=O)(=O)N1CCN(C(=O)NC(C)(C)C)CC1. The number of aryl methyl sites for hydroxylation is 1. The number of nitrogens with zero attached hydrogens (tertiary/aromatic N) is 2. The van der Waals surface area contributed by atoms with Gasteiger partial charge in [-0.2, -0.15) is 4.31 Å². The van der Waals surface area contributed by atoms with E-state index < -0.39 is 15.8 Å². The van der Waals surface area contributed by atoms with Gasteiger partial charge < -0.3 is 10.2 Å². The lowest BCUT2D eigenvalue weighted by molar-refractivity contribution is 0.165. The number of urea groups is 1. The molecular weight excluding hydrogens is 333 g/mol. The first-order valence-electron chi connectivity index (χ1n) is 7.84. The van der Waals surface area contributed by atoms with Gasteiger partial charge in [-0.15, -0.1) is 0 Å². The first-order chi connectivity index (χ1) is 11.0. The van der Waals surface area contributed by atoms with E-state index in [9.17, 15) is 17.6 Å². The Labute approximate surface area is 142 Å². The molecule has 0 spiro atoms. The fourth-order valence-corrected chi connectivity index (χ4v) is 4.20. The van der Waals surface area contributed by atoms with Crippen LogP contribution in [-0.2, 0) is 10.0 Å². The Balaban J connectivity index is 2.07. The van der Waals surface area contributed by atoms with Crippen LogP contribution >= 0.6 is 0 Å². The first kappa shape index (κ1) is 18.7. The summed E-state index contributed by atoms with van der Waals surface area (Å²) in [5.74, 6) is -0.463. The number of piperazine rings is 1. The topological polar surface area (TPSA) is 69.7 Å². The van der Waals surface area contributed by atoms with Crippen molar-refractivity contribution < 1.29 is 17.6 Å². The molecule has 0 saturated carbocycles. The summed E-state index contributed by atoms with van der Waals surface area (Å²) in [5, 5.41) is 2.87. The van der Waals surface area contributed by atoms with E-state index >= 15 is 0 Å². The number of carbonyl (C=O) groups excluding carboxylic acids is 1. The van der Waals surface area contributed by atoms with Gasteiger partial charge in [-0.3, -0.25) is 0 Å². The van der Waals surface area contributed by atoms with Crippen molar-refractivity contribution >= 4 is 16.1 Å². The average Bonchev–Trinajstić information content (AvgIpc) is 2.45. The van der Waals surface area contributed by atoms with Crippen LogP contribution in [0.5, 0.6) is 0 Å². The van der Waals surface area contributed by atoms with E-state index in [1.807, 2.05) is 20.8 Å². The summed E-state index contributed by atoms with van der Waals surface area (Å²) in [6.07, 6.45) is 0. The molecule has 1 heterocycles. The molecule has 0 bridgehead atoms. The Morgan fingerprint density at radius 2 is 1.75 bits per heavy atom. The quantitative estimate of drug-likeness (QED) is 0.879. The average molecular weight is 357 g/mol. The number of sulfonamides is 1. The van der Waals surface area contributed by atoms with E-state index in [-0.39, 0.29) is 29.6 Å². The van der Waals surface area contributed by atoms with Crippen molar-refractivity contribution in [3.8, 4) is 0 Å². The van der Waals surface area contributed by atoms with Gasteiger partial charge in [-0.25, -0.2) is 17.6 Å². The molecule has 24 heavy (non-hydrogen) atoms. The maximum absolute atomic E-state index is 13.2. The zero-order valence-electron chi connectivity index (χ0n) is 14.5. The second-order valence-corrected chi connectivity index (χ2v) is 8.89. The van der Waals surface area contributed by atoms with E-state index in [0.717, 1.165) is 6.07 Å². The molecule has 0 aliphatic carbocycles. The molecule has 8 heteroatoms. The number of hydrogen-bond acceptors (Lipinski definition) is 3. The molecule has 6 nitrogen and oxygen atoms in total. The second kappa shape index (κ2) is 6.68. The molecule has 1 N–H and O–H groups in total. The molecule has 2 rings (SSSR count). The maximum Gasteiger partial charge on any atom is 0.317 e.